The molecule has 3 rings (SSSR count). The van der Waals surface area contributed by atoms with Gasteiger partial charge >= 0.3 is 12.1 Å². The molecular formula is C26H29ClF3N3O4. The fourth-order valence-corrected chi connectivity index (χ4v) is 4.53. The third-order valence-electron chi connectivity index (χ3n) is 6.37. The monoisotopic (exact) mass is 539 g/mol. The third-order valence-corrected chi connectivity index (χ3v) is 6.68. The molecule has 0 aliphatic heterocycles. The molecule has 37 heavy (non-hydrogen) atoms. The van der Waals surface area contributed by atoms with Gasteiger partial charge in [0.2, 0.25) is 0 Å². The van der Waals surface area contributed by atoms with Crippen molar-refractivity contribution >= 4 is 34.4 Å². The van der Waals surface area contributed by atoms with Crippen molar-refractivity contribution in [3.8, 4) is 0 Å². The normalized spacial score (nSPS) is 13.5. The largest absolute Gasteiger partial charge is 0.481 e. The summed E-state index contributed by atoms with van der Waals surface area (Å²) in [5.41, 5.74) is 0.602. The Balaban J connectivity index is 1.72. The maximum Gasteiger partial charge on any atom is 0.416 e. The molecule has 1 amide bonds. The average molecular weight is 540 g/mol. The number of benzene rings is 2. The van der Waals surface area contributed by atoms with Crippen molar-refractivity contribution in [2.24, 2.45) is 5.92 Å². The Morgan fingerprint density at radius 3 is 2.43 bits per heavy atom. The zero-order valence-corrected chi connectivity index (χ0v) is 21.0. The molecule has 1 unspecified atom stereocenters. The number of fused-ring (bicyclic) bond motifs is 1. The van der Waals surface area contributed by atoms with Gasteiger partial charge in [-0.3, -0.25) is 14.3 Å². The molecule has 2 atom stereocenters. The summed E-state index contributed by atoms with van der Waals surface area (Å²) in [5.74, 6) is -1.23. The first-order chi connectivity index (χ1) is 17.5. The van der Waals surface area contributed by atoms with E-state index < -0.39 is 29.7 Å². The number of aromatic nitrogens is 2. The minimum Gasteiger partial charge on any atom is -0.481 e. The maximum atomic E-state index is 13.1. The van der Waals surface area contributed by atoms with Crippen LogP contribution in [-0.4, -0.2) is 44.5 Å². The number of aliphatic hydroxyl groups is 1. The Kier molecular flexibility index (Phi) is 9.56. The number of alkyl halides is 3. The van der Waals surface area contributed by atoms with E-state index in [2.05, 4.69) is 10.4 Å². The molecule has 1 heterocycles. The number of aliphatic carboxylic acids is 1. The first-order valence-electron chi connectivity index (χ1n) is 12.0. The summed E-state index contributed by atoms with van der Waals surface area (Å²) in [6.07, 6.45) is -0.303. The van der Waals surface area contributed by atoms with Crippen molar-refractivity contribution in [1.29, 1.82) is 0 Å². The van der Waals surface area contributed by atoms with E-state index in [-0.39, 0.29) is 25.5 Å². The second-order valence-electron chi connectivity index (χ2n) is 9.01. The van der Waals surface area contributed by atoms with E-state index in [1.165, 1.54) is 23.0 Å². The zero-order valence-electron chi connectivity index (χ0n) is 20.3. The number of carbonyl (C=O) groups excluding carboxylic acids is 1. The highest BCUT2D eigenvalue weighted by atomic mass is 35.5. The molecule has 1 aromatic heterocycles. The smallest absolute Gasteiger partial charge is 0.416 e. The number of aliphatic hydroxyl groups excluding tert-OH is 1. The van der Waals surface area contributed by atoms with Gasteiger partial charge in [-0.25, -0.2) is 0 Å². The lowest BCUT2D eigenvalue weighted by molar-refractivity contribution is -0.138. The third kappa shape index (κ3) is 7.45. The standard InChI is InChI=1S/C26H29ClF3N3O4/c1-2-16(12-23(35)36)4-3-5-19(15-34)32-25(37)20-10-11-22(27)24-21(20)13-31-33(24)14-17-6-8-18(9-7-17)26(28,29)30/h6-11,13,16,19,34H,2-5,12,14-15H2,1H3,(H,32,37)(H,35,36)/t16?,19-/m1/s1. The van der Waals surface area contributed by atoms with E-state index in [4.69, 9.17) is 16.7 Å². The fourth-order valence-electron chi connectivity index (χ4n) is 4.27. The topological polar surface area (TPSA) is 104 Å². The Morgan fingerprint density at radius 1 is 1.14 bits per heavy atom. The summed E-state index contributed by atoms with van der Waals surface area (Å²) < 4.78 is 40.1. The van der Waals surface area contributed by atoms with E-state index in [0.29, 0.717) is 46.3 Å². The van der Waals surface area contributed by atoms with Gasteiger partial charge in [-0.2, -0.15) is 18.3 Å². The fraction of sp³-hybridized carbons (Fsp3) is 0.423. The van der Waals surface area contributed by atoms with Crippen molar-refractivity contribution in [1.82, 2.24) is 15.1 Å². The van der Waals surface area contributed by atoms with E-state index >= 15 is 0 Å². The van der Waals surface area contributed by atoms with Crippen LogP contribution in [0.4, 0.5) is 13.2 Å². The number of halogens is 4. The van der Waals surface area contributed by atoms with Gasteiger partial charge in [0.05, 0.1) is 47.1 Å². The number of nitrogens with zero attached hydrogens (tertiary/aromatic N) is 2. The predicted octanol–water partition coefficient (Wildman–Crippen LogP) is 5.52. The lowest BCUT2D eigenvalue weighted by atomic mass is 9.94. The van der Waals surface area contributed by atoms with Crippen LogP contribution in [0.5, 0.6) is 0 Å². The van der Waals surface area contributed by atoms with Gasteiger partial charge in [0.1, 0.15) is 0 Å². The van der Waals surface area contributed by atoms with Gasteiger partial charge in [0, 0.05) is 11.8 Å². The number of amides is 1. The van der Waals surface area contributed by atoms with Crippen LogP contribution >= 0.6 is 11.6 Å². The van der Waals surface area contributed by atoms with E-state index in [0.717, 1.165) is 18.6 Å². The van der Waals surface area contributed by atoms with Crippen LogP contribution in [0.25, 0.3) is 10.9 Å². The van der Waals surface area contributed by atoms with Gasteiger partial charge in [0.25, 0.3) is 5.91 Å². The van der Waals surface area contributed by atoms with Crippen LogP contribution in [0.1, 0.15) is 60.5 Å². The molecule has 2 aromatic carbocycles. The first-order valence-corrected chi connectivity index (χ1v) is 12.3. The average Bonchev–Trinajstić information content (AvgIpc) is 3.26. The SMILES string of the molecule is CCC(CCC[C@H](CO)NC(=O)c1ccc(Cl)c2c1cnn2Cc1ccc(C(F)(F)F)cc1)CC(=O)O. The summed E-state index contributed by atoms with van der Waals surface area (Å²) in [6.45, 7) is 1.81. The summed E-state index contributed by atoms with van der Waals surface area (Å²) in [7, 11) is 0. The van der Waals surface area contributed by atoms with E-state index in [1.54, 1.807) is 12.1 Å². The number of hydrogen-bond acceptors (Lipinski definition) is 4. The number of hydrogen-bond donors (Lipinski definition) is 3. The highest BCUT2D eigenvalue weighted by Crippen LogP contribution is 2.30. The van der Waals surface area contributed by atoms with Gasteiger partial charge in [-0.05, 0) is 48.6 Å². The molecule has 11 heteroatoms. The maximum absolute atomic E-state index is 13.1. The molecule has 0 aliphatic carbocycles. The van der Waals surface area contributed by atoms with Crippen molar-refractivity contribution < 1.29 is 33.0 Å². The molecule has 200 valence electrons. The highest BCUT2D eigenvalue weighted by molar-refractivity contribution is 6.35. The summed E-state index contributed by atoms with van der Waals surface area (Å²) in [5, 5.41) is 26.7. The highest BCUT2D eigenvalue weighted by Gasteiger charge is 2.30. The van der Waals surface area contributed by atoms with Gasteiger partial charge < -0.3 is 15.5 Å². The van der Waals surface area contributed by atoms with Crippen molar-refractivity contribution in [3.05, 3.63) is 64.3 Å². The van der Waals surface area contributed by atoms with Crippen molar-refractivity contribution in [2.75, 3.05) is 6.61 Å². The van der Waals surface area contributed by atoms with Crippen LogP contribution in [0, 0.1) is 5.92 Å². The Hall–Kier alpha value is -3.11. The zero-order chi connectivity index (χ0) is 27.2. The summed E-state index contributed by atoms with van der Waals surface area (Å²) in [4.78, 5) is 24.0. The molecule has 3 N–H and O–H groups in total. The number of carbonyl (C=O) groups is 2. The second kappa shape index (κ2) is 12.4. The molecular weight excluding hydrogens is 511 g/mol. The molecule has 3 aromatic rings. The molecule has 0 saturated carbocycles. The van der Waals surface area contributed by atoms with Crippen LogP contribution in [-0.2, 0) is 17.5 Å². The Labute approximate surface area is 217 Å². The number of carboxylic acid groups (broad SMARTS) is 1. The van der Waals surface area contributed by atoms with Crippen molar-refractivity contribution in [3.63, 3.8) is 0 Å². The van der Waals surface area contributed by atoms with E-state index in [1.807, 2.05) is 6.92 Å². The van der Waals surface area contributed by atoms with E-state index in [9.17, 15) is 27.9 Å². The van der Waals surface area contributed by atoms with Crippen LogP contribution in [0.15, 0.2) is 42.6 Å². The Bertz CT molecular complexity index is 1230. The molecule has 0 bridgehead atoms. The molecule has 7 nitrogen and oxygen atoms in total. The molecule has 0 aliphatic rings. The van der Waals surface area contributed by atoms with Crippen LogP contribution in [0.2, 0.25) is 5.02 Å². The number of nitrogens with one attached hydrogen (secondary N) is 1. The number of carboxylic acids is 1. The minimum absolute atomic E-state index is 0.0407. The van der Waals surface area contributed by atoms with Crippen molar-refractivity contribution in [2.45, 2.75) is 57.8 Å². The molecule has 0 saturated heterocycles. The van der Waals surface area contributed by atoms with Crippen LogP contribution in [0.3, 0.4) is 0 Å². The molecule has 0 spiro atoms. The number of rotatable bonds is 12. The minimum atomic E-state index is -4.43. The lowest BCUT2D eigenvalue weighted by Crippen LogP contribution is -2.37. The van der Waals surface area contributed by atoms with Gasteiger partial charge in [0.15, 0.2) is 0 Å². The second-order valence-corrected chi connectivity index (χ2v) is 9.42. The summed E-state index contributed by atoms with van der Waals surface area (Å²) >= 11 is 6.39. The predicted molar refractivity (Wildman–Crippen MR) is 134 cm³/mol. The first kappa shape index (κ1) is 28.5. The summed E-state index contributed by atoms with van der Waals surface area (Å²) in [6, 6.07) is 7.33. The lowest BCUT2D eigenvalue weighted by Gasteiger charge is -2.18. The Morgan fingerprint density at radius 2 is 1.84 bits per heavy atom. The van der Waals surface area contributed by atoms with Crippen LogP contribution < -0.4 is 5.32 Å². The van der Waals surface area contributed by atoms with Gasteiger partial charge in [-0.15, -0.1) is 0 Å². The molecule has 0 fully saturated rings. The molecule has 0 radical (unpaired) electrons. The van der Waals surface area contributed by atoms with Gasteiger partial charge in [-0.1, -0.05) is 43.5 Å². The quantitative estimate of drug-likeness (QED) is 0.281.